The zero-order valence-electron chi connectivity index (χ0n) is 12.0. The van der Waals surface area contributed by atoms with Gasteiger partial charge in [0.2, 0.25) is 5.95 Å². The standard InChI is InChI=1S/C15H17BrN4O/c1-3-20(4-2)15-17-9-11(10-18-15)14(21)19-13-7-5-12(16)6-8-13/h5-10H,3-4H2,1-2H3,(H,19,21). The Morgan fingerprint density at radius 2 is 1.71 bits per heavy atom. The minimum atomic E-state index is -0.219. The number of hydrogen-bond acceptors (Lipinski definition) is 4. The number of nitrogens with zero attached hydrogens (tertiary/aromatic N) is 3. The number of carbonyl (C=O) groups excluding carboxylic acids is 1. The molecule has 6 heteroatoms. The van der Waals surface area contributed by atoms with Gasteiger partial charge in [-0.2, -0.15) is 0 Å². The van der Waals surface area contributed by atoms with Crippen LogP contribution in [0.3, 0.4) is 0 Å². The molecule has 1 N–H and O–H groups in total. The SMILES string of the molecule is CCN(CC)c1ncc(C(=O)Nc2ccc(Br)cc2)cn1. The van der Waals surface area contributed by atoms with Crippen LogP contribution in [0.5, 0.6) is 0 Å². The maximum Gasteiger partial charge on any atom is 0.258 e. The second-order valence-electron chi connectivity index (χ2n) is 4.41. The van der Waals surface area contributed by atoms with Crippen molar-refractivity contribution in [1.29, 1.82) is 0 Å². The molecule has 5 nitrogen and oxygen atoms in total. The third kappa shape index (κ3) is 4.01. The van der Waals surface area contributed by atoms with E-state index in [1.807, 2.05) is 43.0 Å². The van der Waals surface area contributed by atoms with Gasteiger partial charge in [0, 0.05) is 35.6 Å². The van der Waals surface area contributed by atoms with Gasteiger partial charge >= 0.3 is 0 Å². The van der Waals surface area contributed by atoms with Crippen LogP contribution >= 0.6 is 15.9 Å². The van der Waals surface area contributed by atoms with E-state index < -0.39 is 0 Å². The summed E-state index contributed by atoms with van der Waals surface area (Å²) in [5.41, 5.74) is 1.17. The smallest absolute Gasteiger partial charge is 0.258 e. The molecule has 1 amide bonds. The van der Waals surface area contributed by atoms with Crippen LogP contribution in [0.1, 0.15) is 24.2 Å². The van der Waals surface area contributed by atoms with E-state index in [1.165, 1.54) is 0 Å². The molecule has 0 atom stereocenters. The van der Waals surface area contributed by atoms with E-state index in [4.69, 9.17) is 0 Å². The fourth-order valence-corrected chi connectivity index (χ4v) is 2.11. The summed E-state index contributed by atoms with van der Waals surface area (Å²) in [5, 5.41) is 2.81. The Bertz CT molecular complexity index is 594. The molecule has 2 rings (SSSR count). The predicted octanol–water partition coefficient (Wildman–Crippen LogP) is 3.34. The molecule has 0 radical (unpaired) electrons. The van der Waals surface area contributed by atoms with Gasteiger partial charge in [-0.15, -0.1) is 0 Å². The van der Waals surface area contributed by atoms with Crippen LogP contribution in [0.2, 0.25) is 0 Å². The number of rotatable bonds is 5. The van der Waals surface area contributed by atoms with Gasteiger partial charge in [0.25, 0.3) is 5.91 Å². The second-order valence-corrected chi connectivity index (χ2v) is 5.32. The molecule has 0 unspecified atom stereocenters. The van der Waals surface area contributed by atoms with Crippen LogP contribution in [0, 0.1) is 0 Å². The molecule has 1 aromatic carbocycles. The summed E-state index contributed by atoms with van der Waals surface area (Å²) in [6.45, 7) is 5.75. The molecule has 21 heavy (non-hydrogen) atoms. The second kappa shape index (κ2) is 7.17. The zero-order valence-corrected chi connectivity index (χ0v) is 13.6. The minimum Gasteiger partial charge on any atom is -0.341 e. The number of benzene rings is 1. The van der Waals surface area contributed by atoms with Crippen molar-refractivity contribution in [2.75, 3.05) is 23.3 Å². The molecule has 0 spiro atoms. The number of halogens is 1. The van der Waals surface area contributed by atoms with Gasteiger partial charge in [0.05, 0.1) is 5.56 Å². The van der Waals surface area contributed by atoms with E-state index in [2.05, 4.69) is 31.2 Å². The van der Waals surface area contributed by atoms with Crippen LogP contribution in [0.4, 0.5) is 11.6 Å². The van der Waals surface area contributed by atoms with Gasteiger partial charge in [0.15, 0.2) is 0 Å². The molecule has 0 aliphatic carbocycles. The third-order valence-corrected chi connectivity index (χ3v) is 3.58. The molecule has 2 aromatic rings. The number of carbonyl (C=O) groups is 1. The average Bonchev–Trinajstić information content (AvgIpc) is 2.51. The number of nitrogens with one attached hydrogen (secondary N) is 1. The molecule has 1 heterocycles. The van der Waals surface area contributed by atoms with Gasteiger partial charge in [-0.1, -0.05) is 15.9 Å². The molecule has 0 aliphatic heterocycles. The van der Waals surface area contributed by atoms with Gasteiger partial charge in [-0.05, 0) is 38.1 Å². The van der Waals surface area contributed by atoms with Crippen LogP contribution < -0.4 is 10.2 Å². The average molecular weight is 349 g/mol. The molecule has 1 aromatic heterocycles. The predicted molar refractivity (Wildman–Crippen MR) is 87.7 cm³/mol. The van der Waals surface area contributed by atoms with Gasteiger partial charge in [-0.25, -0.2) is 9.97 Å². The maximum absolute atomic E-state index is 12.1. The van der Waals surface area contributed by atoms with Crippen molar-refractivity contribution in [3.63, 3.8) is 0 Å². The van der Waals surface area contributed by atoms with Crippen molar-refractivity contribution < 1.29 is 4.79 Å². The van der Waals surface area contributed by atoms with Crippen molar-refractivity contribution in [3.05, 3.63) is 46.7 Å². The Kier molecular flexibility index (Phi) is 5.27. The van der Waals surface area contributed by atoms with Crippen molar-refractivity contribution in [1.82, 2.24) is 9.97 Å². The largest absolute Gasteiger partial charge is 0.341 e. The van der Waals surface area contributed by atoms with Crippen LogP contribution in [-0.4, -0.2) is 29.0 Å². The fraction of sp³-hybridized carbons (Fsp3) is 0.267. The Hall–Kier alpha value is -1.95. The summed E-state index contributed by atoms with van der Waals surface area (Å²) in [6.07, 6.45) is 3.10. The lowest BCUT2D eigenvalue weighted by molar-refractivity contribution is 0.102. The molecule has 0 aliphatic rings. The number of amides is 1. The van der Waals surface area contributed by atoms with Crippen LogP contribution in [-0.2, 0) is 0 Å². The van der Waals surface area contributed by atoms with Crippen molar-refractivity contribution in [2.45, 2.75) is 13.8 Å². The van der Waals surface area contributed by atoms with E-state index in [0.29, 0.717) is 11.5 Å². The molecular formula is C15H17BrN4O. The number of aromatic nitrogens is 2. The number of hydrogen-bond donors (Lipinski definition) is 1. The van der Waals surface area contributed by atoms with E-state index in [9.17, 15) is 4.79 Å². The minimum absolute atomic E-state index is 0.219. The van der Waals surface area contributed by atoms with E-state index in [1.54, 1.807) is 12.4 Å². The Morgan fingerprint density at radius 1 is 1.14 bits per heavy atom. The lowest BCUT2D eigenvalue weighted by atomic mass is 10.3. The van der Waals surface area contributed by atoms with E-state index in [-0.39, 0.29) is 5.91 Å². The normalized spacial score (nSPS) is 10.2. The molecular weight excluding hydrogens is 332 g/mol. The summed E-state index contributed by atoms with van der Waals surface area (Å²) in [4.78, 5) is 22.6. The van der Waals surface area contributed by atoms with Gasteiger partial charge in [0.1, 0.15) is 0 Å². The van der Waals surface area contributed by atoms with Crippen molar-refractivity contribution >= 4 is 33.5 Å². The third-order valence-electron chi connectivity index (χ3n) is 3.05. The summed E-state index contributed by atoms with van der Waals surface area (Å²) in [7, 11) is 0. The maximum atomic E-state index is 12.1. The quantitative estimate of drug-likeness (QED) is 0.900. The molecule has 110 valence electrons. The highest BCUT2D eigenvalue weighted by Crippen LogP contribution is 2.15. The van der Waals surface area contributed by atoms with E-state index >= 15 is 0 Å². The first-order valence-electron chi connectivity index (χ1n) is 6.78. The first-order chi connectivity index (χ1) is 10.1. The first-order valence-corrected chi connectivity index (χ1v) is 7.57. The van der Waals surface area contributed by atoms with Crippen LogP contribution in [0.25, 0.3) is 0 Å². The van der Waals surface area contributed by atoms with Gasteiger partial charge in [-0.3, -0.25) is 4.79 Å². The van der Waals surface area contributed by atoms with Crippen molar-refractivity contribution in [3.8, 4) is 0 Å². The highest BCUT2D eigenvalue weighted by Gasteiger charge is 2.10. The molecule has 0 saturated carbocycles. The highest BCUT2D eigenvalue weighted by molar-refractivity contribution is 9.10. The summed E-state index contributed by atoms with van der Waals surface area (Å²) in [5.74, 6) is 0.420. The monoisotopic (exact) mass is 348 g/mol. The first kappa shape index (κ1) is 15.4. The summed E-state index contributed by atoms with van der Waals surface area (Å²) in [6, 6.07) is 7.39. The Labute approximate surface area is 132 Å². The molecule has 0 saturated heterocycles. The molecule has 0 bridgehead atoms. The Balaban J connectivity index is 2.07. The molecule has 0 fully saturated rings. The number of anilines is 2. The topological polar surface area (TPSA) is 58.1 Å². The fourth-order valence-electron chi connectivity index (χ4n) is 1.84. The summed E-state index contributed by atoms with van der Waals surface area (Å²) < 4.78 is 0.965. The lowest BCUT2D eigenvalue weighted by Crippen LogP contribution is -2.24. The highest BCUT2D eigenvalue weighted by atomic mass is 79.9. The summed E-state index contributed by atoms with van der Waals surface area (Å²) >= 11 is 3.35. The van der Waals surface area contributed by atoms with Crippen LogP contribution in [0.15, 0.2) is 41.1 Å². The lowest BCUT2D eigenvalue weighted by Gasteiger charge is -2.17. The Morgan fingerprint density at radius 3 is 2.24 bits per heavy atom. The van der Waals surface area contributed by atoms with Crippen molar-refractivity contribution in [2.24, 2.45) is 0 Å². The van der Waals surface area contributed by atoms with E-state index in [0.717, 1.165) is 23.2 Å². The zero-order chi connectivity index (χ0) is 15.2. The van der Waals surface area contributed by atoms with Gasteiger partial charge < -0.3 is 10.2 Å².